The van der Waals surface area contributed by atoms with Crippen LogP contribution in [-0.2, 0) is 9.32 Å². The molecule has 1 rings (SSSR count). The first-order chi connectivity index (χ1) is 6.54. The lowest BCUT2D eigenvalue weighted by Crippen LogP contribution is -2.50. The smallest absolute Gasteiger partial charge is 0.243 e. The van der Waals surface area contributed by atoms with E-state index in [-0.39, 0.29) is 12.4 Å². The summed E-state index contributed by atoms with van der Waals surface area (Å²) in [5, 5.41) is 1.65. The molecule has 0 saturated carbocycles. The first kappa shape index (κ1) is 12.2. The number of hydrogen-bond donors (Lipinski definition) is 0. The van der Waals surface area contributed by atoms with Crippen molar-refractivity contribution in [1.29, 1.82) is 0 Å². The van der Waals surface area contributed by atoms with Crippen LogP contribution in [0.25, 0.3) is 0 Å². The highest BCUT2D eigenvalue weighted by Crippen LogP contribution is 2.19. The molecule has 14 heavy (non-hydrogen) atoms. The highest BCUT2D eigenvalue weighted by Gasteiger charge is 2.29. The zero-order valence-electron chi connectivity index (χ0n) is 8.90. The van der Waals surface area contributed by atoms with Crippen LogP contribution in [0.3, 0.4) is 0 Å². The second-order valence-corrected chi connectivity index (χ2v) is 4.74. The summed E-state index contributed by atoms with van der Waals surface area (Å²) in [6.07, 6.45) is 2.09. The normalized spacial score (nSPS) is 21.4. The highest BCUT2D eigenvalue weighted by atomic mass is 32.2. The van der Waals surface area contributed by atoms with Gasteiger partial charge in [-0.05, 0) is 0 Å². The van der Waals surface area contributed by atoms with Crippen LogP contribution in [0, 0.1) is 0 Å². The van der Waals surface area contributed by atoms with E-state index in [1.165, 1.54) is 0 Å². The standard InChI is InChI=1S/C8H18FN2O2S/c1-11(2,3)8-4-6-10(7-5-8)12-13-14-9/h8H,4-7H2,1-3H3/q+1. The number of halogens is 1. The van der Waals surface area contributed by atoms with Gasteiger partial charge in [-0.25, -0.2) is 0 Å². The Morgan fingerprint density at radius 3 is 2.29 bits per heavy atom. The second kappa shape index (κ2) is 5.27. The largest absolute Gasteiger partial charge is 0.328 e. The van der Waals surface area contributed by atoms with Crippen molar-refractivity contribution in [2.24, 2.45) is 0 Å². The summed E-state index contributed by atoms with van der Waals surface area (Å²) in [5.74, 6) is 0. The van der Waals surface area contributed by atoms with E-state index in [1.807, 2.05) is 0 Å². The second-order valence-electron chi connectivity index (χ2n) is 4.48. The molecule has 0 unspecified atom stereocenters. The van der Waals surface area contributed by atoms with Crippen LogP contribution in [0.4, 0.5) is 3.89 Å². The molecule has 6 heteroatoms. The van der Waals surface area contributed by atoms with Crippen molar-refractivity contribution in [3.63, 3.8) is 0 Å². The van der Waals surface area contributed by atoms with Crippen LogP contribution >= 0.6 is 12.4 Å². The van der Waals surface area contributed by atoms with E-state index in [4.69, 9.17) is 4.99 Å². The van der Waals surface area contributed by atoms with Crippen LogP contribution < -0.4 is 0 Å². The Labute approximate surface area is 88.9 Å². The zero-order valence-corrected chi connectivity index (χ0v) is 9.72. The van der Waals surface area contributed by atoms with Crippen LogP contribution in [0.5, 0.6) is 0 Å². The lowest BCUT2D eigenvalue weighted by atomic mass is 10.0. The maximum Gasteiger partial charge on any atom is 0.243 e. The number of hydrogen-bond acceptors (Lipinski definition) is 4. The fourth-order valence-corrected chi connectivity index (χ4v) is 1.85. The molecule has 0 aromatic rings. The van der Waals surface area contributed by atoms with Crippen molar-refractivity contribution < 1.29 is 17.7 Å². The summed E-state index contributed by atoms with van der Waals surface area (Å²) in [4.78, 5) is 4.71. The summed E-state index contributed by atoms with van der Waals surface area (Å²) < 4.78 is 16.7. The topological polar surface area (TPSA) is 21.7 Å². The Balaban J connectivity index is 2.24. The van der Waals surface area contributed by atoms with Gasteiger partial charge < -0.3 is 4.48 Å². The Morgan fingerprint density at radius 2 is 1.86 bits per heavy atom. The number of rotatable bonds is 4. The van der Waals surface area contributed by atoms with Gasteiger partial charge in [0.05, 0.1) is 27.2 Å². The molecule has 84 valence electrons. The van der Waals surface area contributed by atoms with Crippen molar-refractivity contribution in [1.82, 2.24) is 5.06 Å². The third-order valence-electron chi connectivity index (χ3n) is 2.68. The average Bonchev–Trinajstić information content (AvgIpc) is 2.14. The third-order valence-corrected chi connectivity index (χ3v) is 2.79. The van der Waals surface area contributed by atoms with E-state index in [0.717, 1.165) is 30.4 Å². The highest BCUT2D eigenvalue weighted by molar-refractivity contribution is 7.89. The van der Waals surface area contributed by atoms with Crippen LogP contribution in [-0.4, -0.2) is 49.8 Å². The summed E-state index contributed by atoms with van der Waals surface area (Å²) in [7, 11) is 6.57. The van der Waals surface area contributed by atoms with Gasteiger partial charge in [0.15, 0.2) is 0 Å². The monoisotopic (exact) mass is 225 g/mol. The van der Waals surface area contributed by atoms with E-state index >= 15 is 0 Å². The van der Waals surface area contributed by atoms with Gasteiger partial charge in [-0.3, -0.25) is 0 Å². The minimum atomic E-state index is -0.266. The zero-order chi connectivity index (χ0) is 10.6. The predicted molar refractivity (Wildman–Crippen MR) is 53.5 cm³/mol. The van der Waals surface area contributed by atoms with Gasteiger partial charge in [-0.2, -0.15) is 5.06 Å². The number of nitrogens with zero attached hydrogens (tertiary/aromatic N) is 2. The van der Waals surface area contributed by atoms with Gasteiger partial charge >= 0.3 is 0 Å². The molecule has 4 nitrogen and oxygen atoms in total. The molecule has 0 atom stereocenters. The van der Waals surface area contributed by atoms with Gasteiger partial charge in [-0.1, -0.05) is 0 Å². The number of piperidine rings is 1. The number of hydroxylamine groups is 2. The van der Waals surface area contributed by atoms with Crippen LogP contribution in [0.1, 0.15) is 12.8 Å². The van der Waals surface area contributed by atoms with E-state index < -0.39 is 0 Å². The first-order valence-electron chi connectivity index (χ1n) is 4.72. The maximum absolute atomic E-state index is 11.6. The van der Waals surface area contributed by atoms with Crippen LogP contribution in [0.2, 0.25) is 0 Å². The van der Waals surface area contributed by atoms with E-state index in [9.17, 15) is 3.89 Å². The molecule has 0 N–H and O–H groups in total. The van der Waals surface area contributed by atoms with Crippen molar-refractivity contribution in [3.8, 4) is 0 Å². The molecule has 0 bridgehead atoms. The van der Waals surface area contributed by atoms with E-state index in [1.54, 1.807) is 5.06 Å². The fraction of sp³-hybridized carbons (Fsp3) is 1.00. The van der Waals surface area contributed by atoms with Gasteiger partial charge in [0, 0.05) is 25.9 Å². The van der Waals surface area contributed by atoms with Crippen molar-refractivity contribution in [2.75, 3.05) is 34.2 Å². The molecule has 0 spiro atoms. The molecule has 0 aromatic carbocycles. The maximum atomic E-state index is 11.6. The first-order valence-corrected chi connectivity index (χ1v) is 5.36. The molecule has 0 aromatic heterocycles. The van der Waals surface area contributed by atoms with Crippen LogP contribution in [0.15, 0.2) is 0 Å². The molecule has 1 aliphatic heterocycles. The minimum absolute atomic E-state index is 0.266. The Hall–Kier alpha value is 0.120. The third kappa shape index (κ3) is 3.70. The summed E-state index contributed by atoms with van der Waals surface area (Å²) >= 11 is -0.266. The number of quaternary nitrogens is 1. The van der Waals surface area contributed by atoms with E-state index in [2.05, 4.69) is 25.5 Å². The molecule has 1 saturated heterocycles. The summed E-state index contributed by atoms with van der Waals surface area (Å²) in [6.45, 7) is 1.58. The Bertz CT molecular complexity index is 169. The Kier molecular flexibility index (Phi) is 4.59. The van der Waals surface area contributed by atoms with Gasteiger partial charge in [0.25, 0.3) is 0 Å². The SMILES string of the molecule is C[N+](C)(C)C1CCN(OOSF)CC1. The van der Waals surface area contributed by atoms with Crippen molar-refractivity contribution >= 4 is 12.4 Å². The van der Waals surface area contributed by atoms with Crippen molar-refractivity contribution in [2.45, 2.75) is 18.9 Å². The molecular formula is C8H18FN2O2S+. The molecule has 1 heterocycles. The summed E-state index contributed by atoms with van der Waals surface area (Å²) in [6, 6.07) is 0.646. The minimum Gasteiger partial charge on any atom is -0.328 e. The average molecular weight is 225 g/mol. The quantitative estimate of drug-likeness (QED) is 0.313. The molecule has 1 aliphatic rings. The molecular weight excluding hydrogens is 207 g/mol. The fourth-order valence-electron chi connectivity index (χ4n) is 1.75. The lowest BCUT2D eigenvalue weighted by Gasteiger charge is -2.38. The molecule has 1 fully saturated rings. The Morgan fingerprint density at radius 1 is 1.29 bits per heavy atom. The van der Waals surface area contributed by atoms with Crippen molar-refractivity contribution in [3.05, 3.63) is 0 Å². The van der Waals surface area contributed by atoms with Gasteiger partial charge in [-0.15, -0.1) is 13.2 Å². The van der Waals surface area contributed by atoms with Gasteiger partial charge in [0.2, 0.25) is 12.4 Å². The molecule has 0 amide bonds. The predicted octanol–water partition coefficient (Wildman–Crippen LogP) is 1.55. The van der Waals surface area contributed by atoms with Gasteiger partial charge in [0.1, 0.15) is 0 Å². The lowest BCUT2D eigenvalue weighted by molar-refractivity contribution is -0.897. The molecule has 0 aliphatic carbocycles. The summed E-state index contributed by atoms with van der Waals surface area (Å²) in [5.41, 5.74) is 0. The van der Waals surface area contributed by atoms with E-state index in [0.29, 0.717) is 6.04 Å². The molecule has 0 radical (unpaired) electrons.